The molecule has 1 heterocycles. The lowest BCUT2D eigenvalue weighted by Crippen LogP contribution is -1.92. The molecule has 0 unspecified atom stereocenters. The molecule has 0 atom stereocenters. The highest BCUT2D eigenvalue weighted by Crippen LogP contribution is 2.31. The Morgan fingerprint density at radius 1 is 0.686 bits per heavy atom. The third-order valence-electron chi connectivity index (χ3n) is 5.23. The standard InChI is InChI=1S/C30H23NO3S/c1-21-16-28(14-15-30(21)34)35-29-17-26(12-10-22-6-2-4-8-24(22)19-32)31-27(18-29)13-11-23-7-3-5-9-25(23)20-33/h2-9,14-18,32-34H,19-20H2,1H3. The van der Waals surface area contributed by atoms with E-state index in [-0.39, 0.29) is 19.0 Å². The molecule has 4 rings (SSSR count). The molecule has 1 aromatic heterocycles. The zero-order chi connectivity index (χ0) is 24.6. The van der Waals surface area contributed by atoms with E-state index in [2.05, 4.69) is 28.7 Å². The first-order valence-electron chi connectivity index (χ1n) is 11.0. The van der Waals surface area contributed by atoms with Crippen molar-refractivity contribution < 1.29 is 15.3 Å². The number of rotatable bonds is 4. The van der Waals surface area contributed by atoms with Crippen molar-refractivity contribution in [1.82, 2.24) is 4.98 Å². The zero-order valence-electron chi connectivity index (χ0n) is 19.1. The number of phenolic OH excluding ortho intramolecular Hbond substituents is 1. The highest BCUT2D eigenvalue weighted by atomic mass is 32.2. The summed E-state index contributed by atoms with van der Waals surface area (Å²) >= 11 is 1.53. The molecule has 3 aromatic carbocycles. The smallest absolute Gasteiger partial charge is 0.118 e. The number of aromatic hydroxyl groups is 1. The number of hydrogen-bond donors (Lipinski definition) is 3. The number of benzene rings is 3. The van der Waals surface area contributed by atoms with Crippen molar-refractivity contribution in [1.29, 1.82) is 0 Å². The number of phenols is 1. The minimum absolute atomic E-state index is 0.0879. The summed E-state index contributed by atoms with van der Waals surface area (Å²) in [5.74, 6) is 12.7. The molecule has 0 saturated carbocycles. The van der Waals surface area contributed by atoms with Gasteiger partial charge in [-0.1, -0.05) is 60.0 Å². The van der Waals surface area contributed by atoms with E-state index in [9.17, 15) is 15.3 Å². The summed E-state index contributed by atoms with van der Waals surface area (Å²) in [5, 5.41) is 29.0. The summed E-state index contributed by atoms with van der Waals surface area (Å²) in [4.78, 5) is 6.50. The zero-order valence-corrected chi connectivity index (χ0v) is 19.9. The molecule has 0 radical (unpaired) electrons. The van der Waals surface area contributed by atoms with Crippen molar-refractivity contribution in [2.45, 2.75) is 29.9 Å². The van der Waals surface area contributed by atoms with E-state index >= 15 is 0 Å². The number of aliphatic hydroxyl groups excluding tert-OH is 2. The van der Waals surface area contributed by atoms with Crippen LogP contribution in [0.25, 0.3) is 0 Å². The van der Waals surface area contributed by atoms with Gasteiger partial charge in [0, 0.05) is 20.9 Å². The molecule has 0 aliphatic carbocycles. The monoisotopic (exact) mass is 477 g/mol. The normalized spacial score (nSPS) is 10.1. The Hall–Kier alpha value is -4.00. The summed E-state index contributed by atoms with van der Waals surface area (Å²) in [6.07, 6.45) is 0. The van der Waals surface area contributed by atoms with Gasteiger partial charge in [0.15, 0.2) is 0 Å². The van der Waals surface area contributed by atoms with E-state index < -0.39 is 0 Å². The molecule has 4 nitrogen and oxygen atoms in total. The highest BCUT2D eigenvalue weighted by Gasteiger charge is 2.06. The van der Waals surface area contributed by atoms with Crippen LogP contribution in [0, 0.1) is 30.6 Å². The van der Waals surface area contributed by atoms with Gasteiger partial charge in [0.1, 0.15) is 17.1 Å². The van der Waals surface area contributed by atoms with Gasteiger partial charge < -0.3 is 15.3 Å². The van der Waals surface area contributed by atoms with Gasteiger partial charge in [0.25, 0.3) is 0 Å². The lowest BCUT2D eigenvalue weighted by Gasteiger charge is -2.06. The van der Waals surface area contributed by atoms with E-state index in [4.69, 9.17) is 0 Å². The van der Waals surface area contributed by atoms with Crippen molar-refractivity contribution in [3.05, 3.63) is 118 Å². The molecule has 3 N–H and O–H groups in total. The molecule has 4 aromatic rings. The Bertz CT molecular complexity index is 1410. The quantitative estimate of drug-likeness (QED) is 0.360. The number of aryl methyl sites for hydroxylation is 1. The summed E-state index contributed by atoms with van der Waals surface area (Å²) < 4.78 is 0. The maximum Gasteiger partial charge on any atom is 0.118 e. The maximum absolute atomic E-state index is 9.85. The van der Waals surface area contributed by atoms with Gasteiger partial charge in [-0.3, -0.25) is 0 Å². The third-order valence-corrected chi connectivity index (χ3v) is 6.19. The van der Waals surface area contributed by atoms with Gasteiger partial charge in [-0.05, 0) is 77.9 Å². The molecule has 0 amide bonds. The summed E-state index contributed by atoms with van der Waals surface area (Å²) in [6, 6.07) is 24.2. The average Bonchev–Trinajstić information content (AvgIpc) is 2.88. The summed E-state index contributed by atoms with van der Waals surface area (Å²) in [7, 11) is 0. The minimum Gasteiger partial charge on any atom is -0.508 e. The van der Waals surface area contributed by atoms with Gasteiger partial charge in [-0.25, -0.2) is 4.98 Å². The highest BCUT2D eigenvalue weighted by molar-refractivity contribution is 7.99. The van der Waals surface area contributed by atoms with Crippen LogP contribution in [0.5, 0.6) is 5.75 Å². The van der Waals surface area contributed by atoms with Crippen molar-refractivity contribution >= 4 is 11.8 Å². The maximum atomic E-state index is 9.85. The summed E-state index contributed by atoms with van der Waals surface area (Å²) in [5.41, 5.74) is 4.90. The molecule has 0 bridgehead atoms. The van der Waals surface area contributed by atoms with E-state index in [0.29, 0.717) is 11.4 Å². The fraction of sp³-hybridized carbons (Fsp3) is 0.100. The van der Waals surface area contributed by atoms with Crippen LogP contribution in [0.1, 0.15) is 39.2 Å². The molecule has 35 heavy (non-hydrogen) atoms. The Balaban J connectivity index is 1.74. The van der Waals surface area contributed by atoms with E-state index in [1.807, 2.05) is 79.7 Å². The van der Waals surface area contributed by atoms with Crippen LogP contribution in [-0.2, 0) is 13.2 Å². The van der Waals surface area contributed by atoms with Crippen LogP contribution in [0.4, 0.5) is 0 Å². The van der Waals surface area contributed by atoms with Gasteiger partial charge >= 0.3 is 0 Å². The van der Waals surface area contributed by atoms with Gasteiger partial charge in [-0.2, -0.15) is 0 Å². The second-order valence-corrected chi connectivity index (χ2v) is 8.90. The first-order chi connectivity index (χ1) is 17.1. The van der Waals surface area contributed by atoms with Crippen LogP contribution in [-0.4, -0.2) is 20.3 Å². The predicted octanol–water partition coefficient (Wildman–Crippen LogP) is 5.03. The number of aliphatic hydroxyl groups is 2. The predicted molar refractivity (Wildman–Crippen MR) is 138 cm³/mol. The average molecular weight is 478 g/mol. The number of aromatic nitrogens is 1. The molecular formula is C30H23NO3S. The van der Waals surface area contributed by atoms with Crippen molar-refractivity contribution in [3.63, 3.8) is 0 Å². The number of hydrogen-bond acceptors (Lipinski definition) is 5. The molecule has 172 valence electrons. The molecule has 0 aliphatic heterocycles. The van der Waals surface area contributed by atoms with Crippen LogP contribution < -0.4 is 0 Å². The Morgan fingerprint density at radius 2 is 1.23 bits per heavy atom. The van der Waals surface area contributed by atoms with Crippen LogP contribution >= 0.6 is 11.8 Å². The lowest BCUT2D eigenvalue weighted by atomic mass is 10.1. The van der Waals surface area contributed by atoms with Gasteiger partial charge in [0.2, 0.25) is 0 Å². The van der Waals surface area contributed by atoms with Crippen LogP contribution in [0.2, 0.25) is 0 Å². The van der Waals surface area contributed by atoms with Crippen LogP contribution in [0.15, 0.2) is 88.7 Å². The summed E-state index contributed by atoms with van der Waals surface area (Å²) in [6.45, 7) is 1.68. The van der Waals surface area contributed by atoms with E-state index in [1.165, 1.54) is 11.8 Å². The Labute approximate surface area is 209 Å². The third kappa shape index (κ3) is 6.32. The number of pyridine rings is 1. The lowest BCUT2D eigenvalue weighted by molar-refractivity contribution is 0.281. The topological polar surface area (TPSA) is 73.6 Å². The molecular weight excluding hydrogens is 454 g/mol. The van der Waals surface area contributed by atoms with Crippen molar-refractivity contribution in [2.75, 3.05) is 0 Å². The largest absolute Gasteiger partial charge is 0.508 e. The molecule has 0 saturated heterocycles. The molecule has 0 spiro atoms. The van der Waals surface area contributed by atoms with E-state index in [1.54, 1.807) is 6.07 Å². The van der Waals surface area contributed by atoms with Crippen molar-refractivity contribution in [3.8, 4) is 29.4 Å². The number of nitrogens with zero attached hydrogens (tertiary/aromatic N) is 1. The minimum atomic E-state index is -0.0879. The first kappa shape index (κ1) is 24.1. The Kier molecular flexibility index (Phi) is 7.88. The fourth-order valence-electron chi connectivity index (χ4n) is 3.34. The van der Waals surface area contributed by atoms with E-state index in [0.717, 1.165) is 37.6 Å². The molecule has 5 heteroatoms. The van der Waals surface area contributed by atoms with Crippen molar-refractivity contribution in [2.24, 2.45) is 0 Å². The van der Waals surface area contributed by atoms with Gasteiger partial charge in [-0.15, -0.1) is 0 Å². The van der Waals surface area contributed by atoms with Crippen LogP contribution in [0.3, 0.4) is 0 Å². The second kappa shape index (κ2) is 11.4. The van der Waals surface area contributed by atoms with Gasteiger partial charge in [0.05, 0.1) is 13.2 Å². The molecule has 0 fully saturated rings. The fourth-order valence-corrected chi connectivity index (χ4v) is 4.33. The molecule has 0 aliphatic rings. The SMILES string of the molecule is Cc1cc(Sc2cc(C#Cc3ccccc3CO)nc(C#Cc3ccccc3CO)c2)ccc1O. The Morgan fingerprint density at radius 3 is 1.74 bits per heavy atom. The second-order valence-electron chi connectivity index (χ2n) is 7.75. The first-order valence-corrected chi connectivity index (χ1v) is 11.8.